The molecule has 0 heterocycles. The molecule has 0 spiro atoms. The van der Waals surface area contributed by atoms with Crippen molar-refractivity contribution in [1.82, 2.24) is 5.32 Å². The van der Waals surface area contributed by atoms with Crippen molar-refractivity contribution in [3.63, 3.8) is 0 Å². The highest BCUT2D eigenvalue weighted by molar-refractivity contribution is 6.08. The van der Waals surface area contributed by atoms with Gasteiger partial charge in [0.25, 0.3) is 5.91 Å². The summed E-state index contributed by atoms with van der Waals surface area (Å²) in [6.07, 6.45) is 0. The van der Waals surface area contributed by atoms with Gasteiger partial charge >= 0.3 is 0 Å². The van der Waals surface area contributed by atoms with Gasteiger partial charge in [-0.2, -0.15) is 5.26 Å². The Labute approximate surface area is 159 Å². The van der Waals surface area contributed by atoms with E-state index in [-0.39, 0.29) is 24.3 Å². The molecule has 2 rings (SSSR count). The van der Waals surface area contributed by atoms with E-state index in [1.807, 2.05) is 32.0 Å². The first-order valence-electron chi connectivity index (χ1n) is 8.77. The Morgan fingerprint density at radius 2 is 1.70 bits per heavy atom. The predicted molar refractivity (Wildman–Crippen MR) is 106 cm³/mol. The van der Waals surface area contributed by atoms with Crippen LogP contribution in [0, 0.1) is 17.2 Å². The third kappa shape index (κ3) is 5.32. The summed E-state index contributed by atoms with van der Waals surface area (Å²) in [6.45, 7) is 5.40. The molecule has 2 amide bonds. The van der Waals surface area contributed by atoms with Gasteiger partial charge in [-0.25, -0.2) is 0 Å². The molecule has 3 N–H and O–H groups in total. The van der Waals surface area contributed by atoms with Crippen molar-refractivity contribution in [1.29, 1.82) is 5.26 Å². The quantitative estimate of drug-likeness (QED) is 0.702. The van der Waals surface area contributed by atoms with Crippen LogP contribution >= 0.6 is 0 Å². The summed E-state index contributed by atoms with van der Waals surface area (Å²) >= 11 is 0. The average molecular weight is 364 g/mol. The standard InChI is InChI=1S/C21H24N4O2/c1-15(2)21(3,14-22)25-19(26)13-23-18-12-8-7-11-17(18)20(27)24-16-9-5-4-6-10-16/h4-12,15,23H,13H2,1-3H3,(H,24,27)(H,25,26). The van der Waals surface area contributed by atoms with Gasteiger partial charge in [0.05, 0.1) is 18.2 Å². The molecular formula is C21H24N4O2. The van der Waals surface area contributed by atoms with Gasteiger partial charge in [0, 0.05) is 11.4 Å². The van der Waals surface area contributed by atoms with Gasteiger partial charge in [-0.1, -0.05) is 44.2 Å². The minimum absolute atomic E-state index is 0.0320. The molecule has 0 saturated heterocycles. The van der Waals surface area contributed by atoms with Crippen LogP contribution in [-0.2, 0) is 4.79 Å². The van der Waals surface area contributed by atoms with Crippen LogP contribution in [0.4, 0.5) is 11.4 Å². The Morgan fingerprint density at radius 3 is 2.33 bits per heavy atom. The van der Waals surface area contributed by atoms with Crippen molar-refractivity contribution < 1.29 is 9.59 Å². The van der Waals surface area contributed by atoms with E-state index in [2.05, 4.69) is 22.0 Å². The predicted octanol–water partition coefficient (Wildman–Crippen LogP) is 3.41. The molecule has 140 valence electrons. The number of nitrogens with one attached hydrogen (secondary N) is 3. The number of anilines is 2. The Kier molecular flexibility index (Phi) is 6.56. The van der Waals surface area contributed by atoms with Crippen molar-refractivity contribution in [2.45, 2.75) is 26.3 Å². The molecule has 0 saturated carbocycles. The molecule has 1 unspecified atom stereocenters. The lowest BCUT2D eigenvalue weighted by molar-refractivity contribution is -0.121. The summed E-state index contributed by atoms with van der Waals surface area (Å²) in [4.78, 5) is 24.8. The highest BCUT2D eigenvalue weighted by Crippen LogP contribution is 2.18. The zero-order valence-electron chi connectivity index (χ0n) is 15.7. The maximum Gasteiger partial charge on any atom is 0.257 e. The van der Waals surface area contributed by atoms with Gasteiger partial charge in [0.15, 0.2) is 0 Å². The summed E-state index contributed by atoms with van der Waals surface area (Å²) in [5, 5.41) is 17.9. The van der Waals surface area contributed by atoms with E-state index in [9.17, 15) is 14.9 Å². The van der Waals surface area contributed by atoms with Gasteiger partial charge in [-0.05, 0) is 37.1 Å². The van der Waals surface area contributed by atoms with E-state index in [0.717, 1.165) is 0 Å². The van der Waals surface area contributed by atoms with Crippen LogP contribution in [0.3, 0.4) is 0 Å². The summed E-state index contributed by atoms with van der Waals surface area (Å²) in [5.74, 6) is -0.616. The largest absolute Gasteiger partial charge is 0.376 e. The van der Waals surface area contributed by atoms with Crippen molar-refractivity contribution in [2.24, 2.45) is 5.92 Å². The molecule has 2 aromatic carbocycles. The maximum absolute atomic E-state index is 12.5. The minimum atomic E-state index is -0.942. The molecule has 0 aliphatic rings. The molecule has 0 aliphatic heterocycles. The van der Waals surface area contributed by atoms with Crippen LogP contribution in [-0.4, -0.2) is 23.9 Å². The lowest BCUT2D eigenvalue weighted by Gasteiger charge is -2.27. The molecule has 0 bridgehead atoms. The van der Waals surface area contributed by atoms with Crippen LogP contribution in [0.2, 0.25) is 0 Å². The smallest absolute Gasteiger partial charge is 0.257 e. The highest BCUT2D eigenvalue weighted by atomic mass is 16.2. The van der Waals surface area contributed by atoms with Crippen molar-refractivity contribution in [3.8, 4) is 6.07 Å². The molecule has 0 aromatic heterocycles. The summed E-state index contributed by atoms with van der Waals surface area (Å²) in [7, 11) is 0. The molecule has 2 aromatic rings. The number of carbonyl (C=O) groups excluding carboxylic acids is 2. The SMILES string of the molecule is CC(C)C(C)(C#N)NC(=O)CNc1ccccc1C(=O)Nc1ccccc1. The normalized spacial score (nSPS) is 12.6. The second-order valence-electron chi connectivity index (χ2n) is 6.74. The van der Waals surface area contributed by atoms with Crippen LogP contribution in [0.1, 0.15) is 31.1 Å². The number of rotatable bonds is 7. The van der Waals surface area contributed by atoms with Crippen LogP contribution < -0.4 is 16.0 Å². The Balaban J connectivity index is 2.05. The molecule has 6 heteroatoms. The van der Waals surface area contributed by atoms with E-state index in [1.54, 1.807) is 43.3 Å². The highest BCUT2D eigenvalue weighted by Gasteiger charge is 2.29. The molecule has 6 nitrogen and oxygen atoms in total. The van der Waals surface area contributed by atoms with E-state index < -0.39 is 5.54 Å². The third-order valence-corrected chi connectivity index (χ3v) is 4.43. The monoisotopic (exact) mass is 364 g/mol. The fourth-order valence-corrected chi connectivity index (χ4v) is 2.37. The number of hydrogen-bond acceptors (Lipinski definition) is 4. The summed E-state index contributed by atoms with van der Waals surface area (Å²) < 4.78 is 0. The lowest BCUT2D eigenvalue weighted by atomic mass is 9.90. The van der Waals surface area contributed by atoms with E-state index >= 15 is 0 Å². The van der Waals surface area contributed by atoms with Crippen molar-refractivity contribution in [2.75, 3.05) is 17.2 Å². The first-order chi connectivity index (χ1) is 12.9. The van der Waals surface area contributed by atoms with Gasteiger partial charge in [-0.3, -0.25) is 9.59 Å². The first kappa shape index (κ1) is 20.0. The minimum Gasteiger partial charge on any atom is -0.376 e. The number of nitriles is 1. The Hall–Kier alpha value is -3.33. The average Bonchev–Trinajstić information content (AvgIpc) is 2.67. The zero-order valence-corrected chi connectivity index (χ0v) is 15.7. The third-order valence-electron chi connectivity index (χ3n) is 4.43. The fourth-order valence-electron chi connectivity index (χ4n) is 2.37. The van der Waals surface area contributed by atoms with Crippen molar-refractivity contribution in [3.05, 3.63) is 60.2 Å². The van der Waals surface area contributed by atoms with Gasteiger partial charge in [0.2, 0.25) is 5.91 Å². The Bertz CT molecular complexity index is 843. The molecule has 1 atom stereocenters. The summed E-state index contributed by atoms with van der Waals surface area (Å²) in [6, 6.07) is 18.3. The van der Waals surface area contributed by atoms with Crippen LogP contribution in [0.25, 0.3) is 0 Å². The van der Waals surface area contributed by atoms with Crippen LogP contribution in [0.5, 0.6) is 0 Å². The lowest BCUT2D eigenvalue weighted by Crippen LogP contribution is -2.50. The van der Waals surface area contributed by atoms with Gasteiger partial charge in [0.1, 0.15) is 5.54 Å². The number of benzene rings is 2. The molecular weight excluding hydrogens is 340 g/mol. The topological polar surface area (TPSA) is 94.0 Å². The van der Waals surface area contributed by atoms with Crippen LogP contribution in [0.15, 0.2) is 54.6 Å². The molecule has 0 aliphatic carbocycles. The van der Waals surface area contributed by atoms with Gasteiger partial charge < -0.3 is 16.0 Å². The number of amides is 2. The molecule has 27 heavy (non-hydrogen) atoms. The second-order valence-corrected chi connectivity index (χ2v) is 6.74. The molecule has 0 radical (unpaired) electrons. The maximum atomic E-state index is 12.5. The summed E-state index contributed by atoms with van der Waals surface area (Å²) in [5.41, 5.74) is 0.727. The van der Waals surface area contributed by atoms with E-state index in [4.69, 9.17) is 0 Å². The number of para-hydroxylation sites is 2. The second kappa shape index (κ2) is 8.86. The number of nitrogens with zero attached hydrogens (tertiary/aromatic N) is 1. The van der Waals surface area contributed by atoms with Crippen molar-refractivity contribution >= 4 is 23.2 Å². The number of carbonyl (C=O) groups is 2. The first-order valence-corrected chi connectivity index (χ1v) is 8.77. The van der Waals surface area contributed by atoms with Gasteiger partial charge in [-0.15, -0.1) is 0 Å². The molecule has 0 fully saturated rings. The fraction of sp³-hybridized carbons (Fsp3) is 0.286. The van der Waals surface area contributed by atoms with E-state index in [0.29, 0.717) is 16.9 Å². The number of hydrogen-bond donors (Lipinski definition) is 3. The zero-order chi connectivity index (χ0) is 19.9. The van der Waals surface area contributed by atoms with E-state index in [1.165, 1.54) is 0 Å². The Morgan fingerprint density at radius 1 is 1.07 bits per heavy atom.